The summed E-state index contributed by atoms with van der Waals surface area (Å²) >= 11 is 0. The van der Waals surface area contributed by atoms with Gasteiger partial charge in [-0.05, 0) is 81.4 Å². The topological polar surface area (TPSA) is 50.9 Å². The van der Waals surface area contributed by atoms with Crippen molar-refractivity contribution in [2.24, 2.45) is 0 Å². The van der Waals surface area contributed by atoms with Crippen molar-refractivity contribution in [3.05, 3.63) is 168 Å². The zero-order valence-corrected chi connectivity index (χ0v) is 35.7. The minimum absolute atomic E-state index is 0. The van der Waals surface area contributed by atoms with Gasteiger partial charge in [0.15, 0.2) is 0 Å². The van der Waals surface area contributed by atoms with Gasteiger partial charge in [-0.2, -0.15) is 0 Å². The van der Waals surface area contributed by atoms with E-state index in [2.05, 4.69) is 104 Å². The molecule has 0 aliphatic heterocycles. The maximum absolute atomic E-state index is 11.3. The van der Waals surface area contributed by atoms with E-state index in [1.807, 2.05) is 94.6 Å². The van der Waals surface area contributed by atoms with Crippen molar-refractivity contribution in [2.45, 2.75) is 65.7 Å². The summed E-state index contributed by atoms with van der Waals surface area (Å²) in [6.07, 6.45) is 1.85. The fourth-order valence-electron chi connectivity index (χ4n) is 7.33. The second-order valence-corrected chi connectivity index (χ2v) is 16.0. The summed E-state index contributed by atoms with van der Waals surface area (Å²) in [5.74, 6) is -0.734. The number of hydrogen-bond acceptors (Lipinski definition) is 3. The molecule has 8 rings (SSSR count). The smallest absolute Gasteiger partial charge is 0.148 e. The van der Waals surface area contributed by atoms with Gasteiger partial charge in [0.1, 0.15) is 11.6 Å². The van der Waals surface area contributed by atoms with Gasteiger partial charge in [0.05, 0.1) is 22.3 Å². The number of imidazole rings is 1. The van der Waals surface area contributed by atoms with Gasteiger partial charge in [0, 0.05) is 41.3 Å². The van der Waals surface area contributed by atoms with Crippen molar-refractivity contribution >= 4 is 11.0 Å². The first-order valence-corrected chi connectivity index (χ1v) is 19.2. The van der Waals surface area contributed by atoms with Crippen LogP contribution in [0.5, 0.6) is 5.75 Å². The molecule has 57 heavy (non-hydrogen) atoms. The quantitative estimate of drug-likeness (QED) is 0.155. The van der Waals surface area contributed by atoms with Crippen LogP contribution in [0.4, 0.5) is 0 Å². The van der Waals surface area contributed by atoms with Crippen LogP contribution >= 0.6 is 0 Å². The Morgan fingerprint density at radius 3 is 2.00 bits per heavy atom. The molecule has 0 atom stereocenters. The molecule has 0 radical (unpaired) electrons. The van der Waals surface area contributed by atoms with Gasteiger partial charge in [0.2, 0.25) is 0 Å². The molecule has 0 saturated carbocycles. The van der Waals surface area contributed by atoms with Crippen LogP contribution in [-0.2, 0) is 26.5 Å². The zero-order chi connectivity index (χ0) is 41.0. The molecule has 288 valence electrons. The largest absolute Gasteiger partial charge is 0.507 e. The number of rotatable bonds is 8. The van der Waals surface area contributed by atoms with Crippen LogP contribution in [0.3, 0.4) is 0 Å². The maximum Gasteiger partial charge on any atom is 0.148 e. The predicted octanol–water partition coefficient (Wildman–Crippen LogP) is 13.8. The first kappa shape index (κ1) is 37.0. The molecular weight excluding hydrogens is 878 g/mol. The second kappa shape index (κ2) is 16.1. The first-order chi connectivity index (χ1) is 27.6. The monoisotopic (exact) mass is 927 g/mol. The van der Waals surface area contributed by atoms with E-state index in [1.165, 1.54) is 0 Å². The molecule has 0 saturated heterocycles. The number of benzene rings is 6. The van der Waals surface area contributed by atoms with Crippen LogP contribution in [0.25, 0.3) is 72.7 Å². The van der Waals surface area contributed by atoms with E-state index < -0.39 is 11.8 Å². The van der Waals surface area contributed by atoms with Gasteiger partial charge in [-0.15, -0.1) is 29.3 Å². The van der Waals surface area contributed by atoms with E-state index in [1.54, 1.807) is 6.07 Å². The molecule has 0 fully saturated rings. The van der Waals surface area contributed by atoms with Crippen molar-refractivity contribution in [3.63, 3.8) is 0 Å². The number of aromatic nitrogens is 3. The molecular formula is C52H48N3OPt-. The van der Waals surface area contributed by atoms with E-state index in [-0.39, 0.29) is 32.2 Å². The molecule has 0 amide bonds. The fourth-order valence-corrected chi connectivity index (χ4v) is 7.33. The summed E-state index contributed by atoms with van der Waals surface area (Å²) in [6, 6.07) is 50.6. The molecule has 0 aliphatic carbocycles. The number of nitrogens with zero attached hydrogens (tertiary/aromatic N) is 3. The number of hydrogen-bond donors (Lipinski definition) is 1. The maximum atomic E-state index is 11.3. The van der Waals surface area contributed by atoms with Gasteiger partial charge in [0.25, 0.3) is 0 Å². The number of pyridine rings is 1. The average Bonchev–Trinajstić information content (AvgIpc) is 3.59. The Morgan fingerprint density at radius 2 is 1.30 bits per heavy atom. The number of aromatic hydroxyl groups is 1. The van der Waals surface area contributed by atoms with Crippen molar-refractivity contribution in [2.75, 3.05) is 0 Å². The Morgan fingerprint density at radius 1 is 0.632 bits per heavy atom. The van der Waals surface area contributed by atoms with Crippen molar-refractivity contribution in [3.8, 4) is 67.5 Å². The molecule has 0 aliphatic rings. The number of phenols is 1. The Hall–Kier alpha value is -5.57. The normalized spacial score (nSPS) is 12.5. The van der Waals surface area contributed by atoms with Crippen LogP contribution in [-0.4, -0.2) is 19.6 Å². The zero-order valence-electron chi connectivity index (χ0n) is 35.5. The molecule has 8 aromatic rings. The third kappa shape index (κ3) is 7.89. The van der Waals surface area contributed by atoms with Crippen LogP contribution < -0.4 is 0 Å². The number of fused-ring (bicyclic) bond motifs is 1. The molecule has 2 heterocycles. The summed E-state index contributed by atoms with van der Waals surface area (Å²) in [7, 11) is 0. The van der Waals surface area contributed by atoms with E-state index in [0.717, 1.165) is 78.0 Å². The Bertz CT molecular complexity index is 2790. The average molecular weight is 928 g/mol. The molecule has 4 nitrogen and oxygen atoms in total. The van der Waals surface area contributed by atoms with E-state index >= 15 is 0 Å². The van der Waals surface area contributed by atoms with Crippen molar-refractivity contribution in [1.82, 2.24) is 14.5 Å². The number of phenolic OH excluding ortho intramolecular Hbond substituents is 1. The van der Waals surface area contributed by atoms with E-state index in [4.69, 9.17) is 12.7 Å². The SMILES string of the molecule is [2H]C(C)(C)c1ccc(-c2ccnc(-c3[c-]c(-c4cccc5c4nc(-c4ccccc4O)n5-c4ccc(C([2H])(C)C)cc4-c4ccccc4)cc(C(C)(C)C)c3)c2)cc1.[Pt]. The van der Waals surface area contributed by atoms with Gasteiger partial charge in [-0.25, -0.2) is 4.98 Å². The van der Waals surface area contributed by atoms with Gasteiger partial charge in [-0.1, -0.05) is 151 Å². The van der Waals surface area contributed by atoms with E-state index in [9.17, 15) is 5.11 Å². The van der Waals surface area contributed by atoms with Crippen molar-refractivity contribution < 1.29 is 28.9 Å². The van der Waals surface area contributed by atoms with Crippen LogP contribution in [0.15, 0.2) is 146 Å². The molecule has 2 aromatic heterocycles. The van der Waals surface area contributed by atoms with Crippen LogP contribution in [0, 0.1) is 6.07 Å². The van der Waals surface area contributed by atoms with Gasteiger partial charge in [-0.3, -0.25) is 9.55 Å². The van der Waals surface area contributed by atoms with Crippen molar-refractivity contribution in [1.29, 1.82) is 0 Å². The Balaban J connectivity index is 0.00000528. The summed E-state index contributed by atoms with van der Waals surface area (Å²) in [6.45, 7) is 14.3. The molecule has 6 aromatic carbocycles. The Labute approximate surface area is 354 Å². The molecule has 0 spiro atoms. The summed E-state index contributed by atoms with van der Waals surface area (Å²) in [5, 5.41) is 11.3. The minimum atomic E-state index is -0.809. The fraction of sp³-hybridized carbons (Fsp3) is 0.192. The molecule has 5 heteroatoms. The second-order valence-electron chi connectivity index (χ2n) is 16.0. The third-order valence-electron chi connectivity index (χ3n) is 10.6. The van der Waals surface area contributed by atoms with Crippen LogP contribution in [0.2, 0.25) is 0 Å². The first-order valence-electron chi connectivity index (χ1n) is 20.2. The van der Waals surface area contributed by atoms with Gasteiger partial charge < -0.3 is 5.11 Å². The molecule has 1 N–H and O–H groups in total. The van der Waals surface area contributed by atoms with E-state index in [0.29, 0.717) is 11.4 Å². The van der Waals surface area contributed by atoms with Gasteiger partial charge >= 0.3 is 0 Å². The summed E-state index contributed by atoms with van der Waals surface area (Å²) in [5.41, 5.74) is 13.6. The van der Waals surface area contributed by atoms with Crippen LogP contribution in [0.1, 0.15) is 79.7 Å². The Kier molecular flexibility index (Phi) is 10.5. The standard InChI is InChI=1S/C52H48N3O.Pt/c1-33(2)35-20-22-36(23-21-35)39-26-27-53-46(32-39)41-28-40(29-42(30-41)52(5,6)7)43-17-13-18-48-50(43)54-51(44-16-11-12-19-49(44)56)55(48)47-25-24-38(34(3)4)31-45(47)37-14-9-8-10-15-37;/h8-27,29-34,56H,1-7H3;/q-1;/i33D,34D;. The summed E-state index contributed by atoms with van der Waals surface area (Å²) < 4.78 is 19.5. The predicted molar refractivity (Wildman–Crippen MR) is 233 cm³/mol. The molecule has 0 bridgehead atoms. The minimum Gasteiger partial charge on any atom is -0.507 e. The number of para-hydroxylation sites is 2. The third-order valence-corrected chi connectivity index (χ3v) is 10.6. The summed E-state index contributed by atoms with van der Waals surface area (Å²) in [4.78, 5) is 10.3. The molecule has 0 unspecified atom stereocenters.